The summed E-state index contributed by atoms with van der Waals surface area (Å²) in [6, 6.07) is 0. The molecule has 0 bridgehead atoms. The summed E-state index contributed by atoms with van der Waals surface area (Å²) in [6.45, 7) is 15.2. The Labute approximate surface area is 238 Å². The van der Waals surface area contributed by atoms with Crippen LogP contribution in [-0.2, 0) is 33.4 Å². The molecule has 1 heterocycles. The highest BCUT2D eigenvalue weighted by atomic mass is 16.6. The lowest BCUT2D eigenvalue weighted by molar-refractivity contribution is -0.252. The van der Waals surface area contributed by atoms with Crippen LogP contribution in [0.3, 0.4) is 0 Å². The molecule has 0 aromatic carbocycles. The number of rotatable bonds is 5. The van der Waals surface area contributed by atoms with Gasteiger partial charge in [0, 0.05) is 30.6 Å². The molecule has 4 saturated carbocycles. The minimum Gasteiger partial charge on any atom is -0.481 e. The molecule has 0 spiro atoms. The van der Waals surface area contributed by atoms with Gasteiger partial charge in [-0.3, -0.25) is 19.2 Å². The number of carbonyl (C=O) groups excluding carboxylic acids is 3. The summed E-state index contributed by atoms with van der Waals surface area (Å²) in [4.78, 5) is 48.2. The van der Waals surface area contributed by atoms with Crippen molar-refractivity contribution in [2.24, 2.45) is 45.3 Å². The molecule has 8 nitrogen and oxygen atoms in total. The number of ether oxygens (including phenoxy) is 3. The van der Waals surface area contributed by atoms with Crippen LogP contribution in [0.25, 0.3) is 0 Å². The van der Waals surface area contributed by atoms with Crippen LogP contribution in [0.15, 0.2) is 0 Å². The predicted octanol–water partition coefficient (Wildman–Crippen LogP) is 5.70. The maximum absolute atomic E-state index is 12.5. The average Bonchev–Trinajstić information content (AvgIpc) is 3.37. The van der Waals surface area contributed by atoms with Crippen LogP contribution < -0.4 is 0 Å². The third-order valence-electron chi connectivity index (χ3n) is 13.1. The van der Waals surface area contributed by atoms with Gasteiger partial charge in [0.05, 0.1) is 0 Å². The van der Waals surface area contributed by atoms with E-state index in [1.807, 2.05) is 0 Å². The van der Waals surface area contributed by atoms with Gasteiger partial charge >= 0.3 is 23.9 Å². The number of esters is 3. The first-order valence-electron chi connectivity index (χ1n) is 15.3. The molecule has 4 aliphatic carbocycles. The van der Waals surface area contributed by atoms with E-state index in [1.54, 1.807) is 0 Å². The molecule has 0 amide bonds. The molecule has 5 aliphatic rings. The predicted molar refractivity (Wildman–Crippen MR) is 146 cm³/mol. The largest absolute Gasteiger partial charge is 0.481 e. The Kier molecular flexibility index (Phi) is 6.94. The van der Waals surface area contributed by atoms with Crippen molar-refractivity contribution in [3.8, 4) is 0 Å². The molecule has 10 atom stereocenters. The lowest BCUT2D eigenvalue weighted by Gasteiger charge is -2.70. The fraction of sp³-hybridized carbons (Fsp3) is 0.875. The Morgan fingerprint density at radius 2 is 1.57 bits per heavy atom. The van der Waals surface area contributed by atoms with Crippen LogP contribution in [0.1, 0.15) is 113 Å². The van der Waals surface area contributed by atoms with E-state index in [4.69, 9.17) is 19.3 Å². The first kappa shape index (κ1) is 29.4. The maximum atomic E-state index is 12.5. The molecule has 0 radical (unpaired) electrons. The maximum Gasteiger partial charge on any atom is 0.317 e. The normalized spacial score (nSPS) is 47.3. The van der Waals surface area contributed by atoms with Gasteiger partial charge in [0.15, 0.2) is 0 Å². The fourth-order valence-corrected chi connectivity index (χ4v) is 11.2. The average molecular weight is 561 g/mol. The summed E-state index contributed by atoms with van der Waals surface area (Å²) in [5, 5.41) is 9.07. The van der Waals surface area contributed by atoms with Gasteiger partial charge in [-0.2, -0.15) is 0 Å². The number of fused-ring (bicyclic) bond motifs is 5. The standard InChI is InChI=1S/C32H48O8/c1-18(33)38-20-16-22-29(4)12-10-23(39-26(37)17-24(34)35)28(2,3)21(29)9-14-30(22,5)31(6)13-8-19(27(20)31)32(7)15-11-25(36)40-32/h19-23,27H,8-17H2,1-7H3,(H,34,35)/t19-,20-,21+,22+,23+,27-,29-,30+,31+,32+/m1/s1. The van der Waals surface area contributed by atoms with E-state index in [2.05, 4.69) is 41.5 Å². The Morgan fingerprint density at radius 3 is 2.17 bits per heavy atom. The number of carboxylic acids is 1. The second kappa shape index (κ2) is 9.45. The topological polar surface area (TPSA) is 116 Å². The molecular formula is C32H48O8. The van der Waals surface area contributed by atoms with Crippen LogP contribution in [0.5, 0.6) is 0 Å². The first-order chi connectivity index (χ1) is 18.5. The van der Waals surface area contributed by atoms with Crippen LogP contribution >= 0.6 is 0 Å². The highest BCUT2D eigenvalue weighted by Crippen LogP contribution is 2.76. The highest BCUT2D eigenvalue weighted by molar-refractivity contribution is 5.90. The van der Waals surface area contributed by atoms with Crippen molar-refractivity contribution < 1.29 is 38.5 Å². The Bertz CT molecular complexity index is 1100. The van der Waals surface area contributed by atoms with Gasteiger partial charge in [-0.15, -0.1) is 0 Å². The number of cyclic esters (lactones) is 1. The minimum absolute atomic E-state index is 0.0101. The lowest BCUT2D eigenvalue weighted by atomic mass is 9.35. The van der Waals surface area contributed by atoms with Gasteiger partial charge in [0.1, 0.15) is 24.2 Å². The monoisotopic (exact) mass is 560 g/mol. The van der Waals surface area contributed by atoms with Gasteiger partial charge < -0.3 is 19.3 Å². The van der Waals surface area contributed by atoms with E-state index in [1.165, 1.54) is 6.92 Å². The molecule has 0 unspecified atom stereocenters. The molecule has 8 heteroatoms. The van der Waals surface area contributed by atoms with Crippen molar-refractivity contribution in [1.82, 2.24) is 0 Å². The van der Waals surface area contributed by atoms with Crippen LogP contribution in [-0.4, -0.2) is 46.8 Å². The SMILES string of the molecule is CC(=O)O[C@@H]1C[C@H]2[C@]3(C)CC[C@H](OC(=O)CC(=O)O)C(C)(C)[C@@H]3CC[C@]2(C)[C@@]2(C)CC[C@@H]([C@]3(C)CCC(=O)O3)[C@H]12. The van der Waals surface area contributed by atoms with Crippen molar-refractivity contribution in [2.45, 2.75) is 130 Å². The molecule has 0 aromatic rings. The Hall–Kier alpha value is -2.12. The number of carbonyl (C=O) groups is 4. The number of hydrogen-bond acceptors (Lipinski definition) is 7. The highest BCUT2D eigenvalue weighted by Gasteiger charge is 2.72. The Balaban J connectivity index is 1.49. The quantitative estimate of drug-likeness (QED) is 0.259. The van der Waals surface area contributed by atoms with Crippen molar-refractivity contribution in [3.05, 3.63) is 0 Å². The van der Waals surface area contributed by atoms with Crippen molar-refractivity contribution in [3.63, 3.8) is 0 Å². The number of hydrogen-bond donors (Lipinski definition) is 1. The summed E-state index contributed by atoms with van der Waals surface area (Å²) < 4.78 is 18.0. The zero-order valence-corrected chi connectivity index (χ0v) is 25.3. The third kappa shape index (κ3) is 4.21. The third-order valence-corrected chi connectivity index (χ3v) is 13.1. The summed E-state index contributed by atoms with van der Waals surface area (Å²) in [5.74, 6) is -1.38. The van der Waals surface area contributed by atoms with E-state index in [0.717, 1.165) is 38.5 Å². The van der Waals surface area contributed by atoms with Crippen LogP contribution in [0.4, 0.5) is 0 Å². The molecule has 0 aromatic heterocycles. The molecule has 40 heavy (non-hydrogen) atoms. The van der Waals surface area contributed by atoms with Gasteiger partial charge in [-0.05, 0) is 86.4 Å². The van der Waals surface area contributed by atoms with Gasteiger partial charge in [0.2, 0.25) is 0 Å². The summed E-state index contributed by atoms with van der Waals surface area (Å²) in [6.07, 6.45) is 6.32. The van der Waals surface area contributed by atoms with Gasteiger partial charge in [-0.25, -0.2) is 0 Å². The lowest BCUT2D eigenvalue weighted by Crippen LogP contribution is -2.67. The number of carboxylic acid groups (broad SMARTS) is 1. The van der Waals surface area contributed by atoms with Crippen molar-refractivity contribution >= 4 is 23.9 Å². The fourth-order valence-electron chi connectivity index (χ4n) is 11.2. The van der Waals surface area contributed by atoms with E-state index < -0.39 is 24.0 Å². The van der Waals surface area contributed by atoms with Gasteiger partial charge in [0.25, 0.3) is 0 Å². The zero-order valence-electron chi connectivity index (χ0n) is 25.3. The van der Waals surface area contributed by atoms with E-state index >= 15 is 0 Å². The minimum atomic E-state index is -1.17. The van der Waals surface area contributed by atoms with E-state index in [-0.39, 0.29) is 63.6 Å². The Morgan fingerprint density at radius 1 is 0.900 bits per heavy atom. The second-order valence-corrected chi connectivity index (χ2v) is 15.2. The molecular weight excluding hydrogens is 512 g/mol. The smallest absolute Gasteiger partial charge is 0.317 e. The van der Waals surface area contributed by atoms with Crippen LogP contribution in [0.2, 0.25) is 0 Å². The molecule has 1 aliphatic heterocycles. The molecule has 5 fully saturated rings. The second-order valence-electron chi connectivity index (χ2n) is 15.2. The summed E-state index contributed by atoms with van der Waals surface area (Å²) in [5.41, 5.74) is -0.971. The first-order valence-corrected chi connectivity index (χ1v) is 15.3. The summed E-state index contributed by atoms with van der Waals surface area (Å²) >= 11 is 0. The molecule has 1 saturated heterocycles. The van der Waals surface area contributed by atoms with Gasteiger partial charge in [-0.1, -0.05) is 34.6 Å². The van der Waals surface area contributed by atoms with Crippen LogP contribution in [0, 0.1) is 45.3 Å². The van der Waals surface area contributed by atoms with Crippen molar-refractivity contribution in [2.75, 3.05) is 0 Å². The molecule has 224 valence electrons. The van der Waals surface area contributed by atoms with Crippen molar-refractivity contribution in [1.29, 1.82) is 0 Å². The molecule has 5 rings (SSSR count). The summed E-state index contributed by atoms with van der Waals surface area (Å²) in [7, 11) is 0. The van der Waals surface area contributed by atoms with E-state index in [9.17, 15) is 19.2 Å². The molecule has 1 N–H and O–H groups in total. The number of aliphatic carboxylic acids is 1. The van der Waals surface area contributed by atoms with E-state index in [0.29, 0.717) is 25.2 Å². The zero-order chi connectivity index (χ0) is 29.5.